The number of hydrogen-bond donors (Lipinski definition) is 3. The average Bonchev–Trinajstić information content (AvgIpc) is 1.76. The van der Waals surface area contributed by atoms with Crippen LogP contribution in [0.5, 0.6) is 0 Å². The fourth-order valence-corrected chi connectivity index (χ4v) is 14.9. The van der Waals surface area contributed by atoms with Gasteiger partial charge in [-0.15, -0.1) is 0 Å². The highest BCUT2D eigenvalue weighted by atomic mass is 35.5. The lowest BCUT2D eigenvalue weighted by Gasteiger charge is -2.43. The summed E-state index contributed by atoms with van der Waals surface area (Å²) in [6.07, 6.45) is 2.94. The van der Waals surface area contributed by atoms with Crippen molar-refractivity contribution in [1.29, 1.82) is 0 Å². The average molecular weight is 1450 g/mol. The first-order valence-electron chi connectivity index (χ1n) is 36.3. The van der Waals surface area contributed by atoms with E-state index >= 15 is 28.8 Å². The first-order valence-corrected chi connectivity index (χ1v) is 36.6. The van der Waals surface area contributed by atoms with Crippen LogP contribution in [0.15, 0.2) is 18.2 Å². The molecule has 12 amide bonds. The van der Waals surface area contributed by atoms with Gasteiger partial charge in [-0.3, -0.25) is 57.5 Å². The number of likely N-dealkylation sites (tertiary alicyclic amines) is 1. The minimum absolute atomic E-state index is 0.0214. The number of amides is 12. The summed E-state index contributed by atoms with van der Waals surface area (Å²) in [5.74, 6) is -8.99. The monoisotopic (exact) mass is 1440 g/mol. The minimum atomic E-state index is -4.77. The Bertz CT molecular complexity index is 3100. The zero-order valence-corrected chi connectivity index (χ0v) is 62.5. The summed E-state index contributed by atoms with van der Waals surface area (Å²) >= 11 is 6.15. The third-order valence-electron chi connectivity index (χ3n) is 21.2. The van der Waals surface area contributed by atoms with Crippen molar-refractivity contribution in [3.63, 3.8) is 0 Å². The Balaban J connectivity index is 1.44. The van der Waals surface area contributed by atoms with Crippen LogP contribution in [0.4, 0.5) is 13.2 Å². The largest absolute Gasteiger partial charge is 0.417 e. The molecular formula is C72H112ClF3N12O13. The second kappa shape index (κ2) is 37.4. The molecule has 1 aromatic carbocycles. The fraction of sp³-hybridized carbons (Fsp3) is 0.750. The molecule has 1 spiro atoms. The molecule has 8 atom stereocenters. The smallest absolute Gasteiger partial charge is 0.379 e. The highest BCUT2D eigenvalue weighted by Crippen LogP contribution is 2.38. The van der Waals surface area contributed by atoms with E-state index < -0.39 is 173 Å². The second-order valence-electron chi connectivity index (χ2n) is 29.7. The Morgan fingerprint density at radius 3 is 1.86 bits per heavy atom. The number of fused-ring (bicyclic) bond motifs is 1. The number of nitrogens with zero attached hydrogens (tertiary/aromatic N) is 9. The van der Waals surface area contributed by atoms with Crippen molar-refractivity contribution in [2.24, 2.45) is 23.7 Å². The molecule has 1 aromatic rings. The molecule has 0 bridgehead atoms. The molecule has 101 heavy (non-hydrogen) atoms. The van der Waals surface area contributed by atoms with Gasteiger partial charge in [0.2, 0.25) is 70.9 Å². The molecule has 6 rings (SSSR count). The first-order chi connectivity index (χ1) is 47.5. The Hall–Kier alpha value is -7.10. The molecule has 3 saturated heterocycles. The standard InChI is InChI=1S/C72H112ClF3N12O13/c1-14-47(6)61-68(98)82(9)42-59(91)80(7)43-60(92)84(11)56(44-101-37-31-45(2)3)66(96)81(8)41-57(89)77-52(30-28-48-27-29-50(51(73)39-48)72(74,75)76)65(95)88-36-23-26-53(88)64(94)79-71(32-19-20-33-71)70(100)86(13)62(49-24-17-15-18-25-49)69(99)85(12)55(67(97)87-34-21-16-22-35-87)40-58(90)83(10)54(38-46(4)5)63(93)78-61/h27,29,39,45-47,49,52-56,61-62H,14-26,28,30-38,40-44H2,1-13H3,(H,77,89)(H,78,93)(H,79,94)/t47-,52-,53-,54-,55-,56-,61-,62-/m0/s1. The van der Waals surface area contributed by atoms with Crippen molar-refractivity contribution in [1.82, 2.24) is 60.0 Å². The van der Waals surface area contributed by atoms with Gasteiger partial charge in [-0.2, -0.15) is 13.2 Å². The number of nitrogens with one attached hydrogen (secondary N) is 3. The molecule has 25 nitrogen and oxygen atoms in total. The van der Waals surface area contributed by atoms with Gasteiger partial charge in [0.25, 0.3) is 0 Å². The number of hydrogen-bond acceptors (Lipinski definition) is 13. The Morgan fingerprint density at radius 2 is 1.26 bits per heavy atom. The molecule has 5 fully saturated rings. The molecular weight excluding hydrogens is 1330 g/mol. The van der Waals surface area contributed by atoms with Crippen LogP contribution in [0.2, 0.25) is 5.02 Å². The number of piperidine rings is 1. The number of rotatable bonds is 14. The number of aryl methyl sites for hydroxylation is 1. The van der Waals surface area contributed by atoms with Crippen LogP contribution in [0, 0.1) is 23.7 Å². The van der Waals surface area contributed by atoms with Gasteiger partial charge in [-0.1, -0.05) is 97.7 Å². The zero-order valence-electron chi connectivity index (χ0n) is 61.7. The molecule has 2 aliphatic carbocycles. The van der Waals surface area contributed by atoms with E-state index in [9.17, 15) is 41.9 Å². The van der Waals surface area contributed by atoms with E-state index in [4.69, 9.17) is 16.3 Å². The molecule has 0 aromatic heterocycles. The van der Waals surface area contributed by atoms with E-state index in [1.165, 1.54) is 75.0 Å². The number of carbonyl (C=O) groups is 12. The van der Waals surface area contributed by atoms with Crippen LogP contribution in [0.25, 0.3) is 0 Å². The molecule has 0 unspecified atom stereocenters. The quantitative estimate of drug-likeness (QED) is 0.194. The Kier molecular flexibility index (Phi) is 30.7. The van der Waals surface area contributed by atoms with Crippen LogP contribution in [-0.2, 0) is 74.9 Å². The minimum Gasteiger partial charge on any atom is -0.379 e. The van der Waals surface area contributed by atoms with Gasteiger partial charge in [0.1, 0.15) is 47.8 Å². The molecule has 2 saturated carbocycles. The maximum absolute atomic E-state index is 15.8. The van der Waals surface area contributed by atoms with Crippen molar-refractivity contribution >= 4 is 82.5 Å². The van der Waals surface area contributed by atoms with Gasteiger partial charge >= 0.3 is 6.18 Å². The number of likely N-dealkylation sites (N-methyl/N-ethyl adjacent to an activating group) is 7. The maximum Gasteiger partial charge on any atom is 0.417 e. The van der Waals surface area contributed by atoms with Crippen LogP contribution in [-0.4, -0.2) is 265 Å². The van der Waals surface area contributed by atoms with E-state index in [0.717, 1.165) is 57.4 Å². The first kappa shape index (κ1) is 82.9. The van der Waals surface area contributed by atoms with Gasteiger partial charge in [-0.05, 0) is 125 Å². The lowest BCUT2D eigenvalue weighted by molar-refractivity contribution is -0.157. The van der Waals surface area contributed by atoms with Crippen molar-refractivity contribution < 1.29 is 75.4 Å². The van der Waals surface area contributed by atoms with Gasteiger partial charge in [0, 0.05) is 75.6 Å². The van der Waals surface area contributed by atoms with Crippen molar-refractivity contribution in [3.8, 4) is 0 Å². The van der Waals surface area contributed by atoms with Gasteiger partial charge < -0.3 is 64.8 Å². The second-order valence-corrected chi connectivity index (χ2v) is 30.1. The van der Waals surface area contributed by atoms with E-state index in [1.807, 2.05) is 34.6 Å². The van der Waals surface area contributed by atoms with E-state index in [2.05, 4.69) is 16.0 Å². The number of benzene rings is 1. The summed E-state index contributed by atoms with van der Waals surface area (Å²) in [5.41, 5.74) is -2.38. The number of alkyl halides is 3. The summed E-state index contributed by atoms with van der Waals surface area (Å²) in [5, 5.41) is 8.10. The van der Waals surface area contributed by atoms with Gasteiger partial charge in [-0.25, -0.2) is 0 Å². The molecule has 29 heteroatoms. The predicted octanol–water partition coefficient (Wildman–Crippen LogP) is 5.52. The van der Waals surface area contributed by atoms with Crippen LogP contribution < -0.4 is 16.0 Å². The summed E-state index contributed by atoms with van der Waals surface area (Å²) in [4.78, 5) is 190. The number of ether oxygens (including phenoxy) is 1. The topological polar surface area (TPSA) is 279 Å². The molecule has 3 heterocycles. The molecule has 566 valence electrons. The zero-order chi connectivity index (χ0) is 75.0. The number of halogens is 4. The molecule has 3 aliphatic heterocycles. The fourth-order valence-electron chi connectivity index (χ4n) is 14.5. The van der Waals surface area contributed by atoms with E-state index in [-0.39, 0.29) is 75.7 Å². The van der Waals surface area contributed by atoms with Gasteiger partial charge in [0.05, 0.1) is 43.2 Å². The maximum atomic E-state index is 15.8. The predicted molar refractivity (Wildman–Crippen MR) is 373 cm³/mol. The Morgan fingerprint density at radius 1 is 0.644 bits per heavy atom. The summed E-state index contributed by atoms with van der Waals surface area (Å²) in [6, 6.07) is -5.90. The van der Waals surface area contributed by atoms with Crippen molar-refractivity contribution in [3.05, 3.63) is 34.3 Å². The third-order valence-corrected chi connectivity index (χ3v) is 21.5. The third kappa shape index (κ3) is 21.7. The molecule has 0 radical (unpaired) electrons. The van der Waals surface area contributed by atoms with Crippen LogP contribution in [0.3, 0.4) is 0 Å². The SMILES string of the molecule is CC[C@H](C)[C@@H]1NC(=O)[C@H](CC(C)C)N(C)C(=O)C[C@@H](C(=O)N2CCCCC2)N(C)C(=O)[C@H](C2CCCCC2)N(C)C(=O)C2(CCCC2)NC(=O)[C@@H]2CCCN2C(=O)[C@H](CCc2ccc(C(F)(F)F)c(Cl)c2)NC(=O)CN(C)C(=O)[C@H](COCCC(C)C)N(C)C(=O)CN(C)C(=O)CN(C)C1=O. The summed E-state index contributed by atoms with van der Waals surface area (Å²) in [6.45, 7) is 10.0. The highest BCUT2D eigenvalue weighted by molar-refractivity contribution is 6.31. The molecule has 3 N–H and O–H groups in total. The summed E-state index contributed by atoms with van der Waals surface area (Å²) in [7, 11) is 9.76. The highest BCUT2D eigenvalue weighted by Gasteiger charge is 2.51. The van der Waals surface area contributed by atoms with Crippen LogP contribution >= 0.6 is 11.6 Å². The van der Waals surface area contributed by atoms with Crippen molar-refractivity contribution in [2.45, 2.75) is 224 Å². The summed E-state index contributed by atoms with van der Waals surface area (Å²) < 4.78 is 47.6. The van der Waals surface area contributed by atoms with E-state index in [0.29, 0.717) is 70.9 Å². The Labute approximate surface area is 599 Å². The number of carbonyl (C=O) groups excluding carboxylic acids is 12. The normalized spacial score (nSPS) is 25.8. The van der Waals surface area contributed by atoms with Gasteiger partial charge in [0.15, 0.2) is 0 Å². The lowest BCUT2D eigenvalue weighted by Crippen LogP contribution is -2.65. The molecule has 5 aliphatic rings. The van der Waals surface area contributed by atoms with Crippen LogP contribution in [0.1, 0.15) is 175 Å². The van der Waals surface area contributed by atoms with E-state index in [1.54, 1.807) is 11.8 Å². The van der Waals surface area contributed by atoms with Crippen molar-refractivity contribution in [2.75, 3.05) is 102 Å². The lowest BCUT2D eigenvalue weighted by atomic mass is 9.81.